The SMILES string of the molecule is COc1ccc(C[C@H](NC(=O)[C@@H]2C[C@H](NC(=O)NC(C)C)CN2C(=O)c2cnccn2)C(N)=O)cc1. The molecule has 192 valence electrons. The van der Waals surface area contributed by atoms with Gasteiger partial charge in [0.25, 0.3) is 5.91 Å². The number of methoxy groups -OCH3 is 1. The average molecular weight is 498 g/mol. The first kappa shape index (κ1) is 26.4. The molecule has 5 N–H and O–H groups in total. The Morgan fingerprint density at radius 2 is 1.86 bits per heavy atom. The predicted octanol–water partition coefficient (Wildman–Crippen LogP) is -0.0113. The largest absolute Gasteiger partial charge is 0.497 e. The van der Waals surface area contributed by atoms with Crippen LogP contribution in [0.4, 0.5) is 4.79 Å². The van der Waals surface area contributed by atoms with Gasteiger partial charge in [-0.25, -0.2) is 9.78 Å². The van der Waals surface area contributed by atoms with E-state index in [1.165, 1.54) is 23.5 Å². The summed E-state index contributed by atoms with van der Waals surface area (Å²) in [6, 6.07) is 4.08. The normalized spacial score (nSPS) is 17.8. The molecule has 0 radical (unpaired) electrons. The maximum atomic E-state index is 13.3. The maximum Gasteiger partial charge on any atom is 0.315 e. The van der Waals surface area contributed by atoms with Gasteiger partial charge in [-0.2, -0.15) is 0 Å². The second kappa shape index (κ2) is 12.0. The minimum atomic E-state index is -1.00. The quantitative estimate of drug-likeness (QED) is 0.378. The van der Waals surface area contributed by atoms with Gasteiger partial charge in [-0.3, -0.25) is 19.4 Å². The van der Waals surface area contributed by atoms with Crippen LogP contribution in [-0.2, 0) is 16.0 Å². The zero-order valence-corrected chi connectivity index (χ0v) is 20.4. The number of ether oxygens (including phenoxy) is 1. The van der Waals surface area contributed by atoms with Crippen LogP contribution in [0.3, 0.4) is 0 Å². The molecule has 2 aromatic rings. The molecule has 0 spiro atoms. The van der Waals surface area contributed by atoms with Crippen molar-refractivity contribution in [3.8, 4) is 5.75 Å². The fourth-order valence-corrected chi connectivity index (χ4v) is 3.95. The van der Waals surface area contributed by atoms with Gasteiger partial charge in [-0.1, -0.05) is 12.1 Å². The van der Waals surface area contributed by atoms with Crippen LogP contribution in [-0.4, -0.2) is 76.4 Å². The molecular weight excluding hydrogens is 466 g/mol. The molecule has 0 aliphatic carbocycles. The van der Waals surface area contributed by atoms with Crippen LogP contribution in [0.5, 0.6) is 5.75 Å². The zero-order chi connectivity index (χ0) is 26.2. The second-order valence-corrected chi connectivity index (χ2v) is 8.78. The summed E-state index contributed by atoms with van der Waals surface area (Å²) in [7, 11) is 1.55. The lowest BCUT2D eigenvalue weighted by Gasteiger charge is -2.25. The van der Waals surface area contributed by atoms with Crippen LogP contribution in [0.15, 0.2) is 42.9 Å². The predicted molar refractivity (Wildman–Crippen MR) is 130 cm³/mol. The third-order valence-corrected chi connectivity index (χ3v) is 5.66. The van der Waals surface area contributed by atoms with Gasteiger partial charge in [0, 0.05) is 31.4 Å². The highest BCUT2D eigenvalue weighted by Crippen LogP contribution is 2.21. The fraction of sp³-hybridized carbons (Fsp3) is 0.417. The third-order valence-electron chi connectivity index (χ3n) is 5.66. The van der Waals surface area contributed by atoms with Crippen molar-refractivity contribution in [3.05, 3.63) is 54.1 Å². The van der Waals surface area contributed by atoms with E-state index in [0.29, 0.717) is 5.75 Å². The number of benzene rings is 1. The number of carbonyl (C=O) groups is 4. The van der Waals surface area contributed by atoms with E-state index in [4.69, 9.17) is 10.5 Å². The summed E-state index contributed by atoms with van der Waals surface area (Å²) in [5, 5.41) is 8.20. The Labute approximate surface area is 209 Å². The first-order valence-corrected chi connectivity index (χ1v) is 11.5. The molecule has 5 amide bonds. The summed E-state index contributed by atoms with van der Waals surface area (Å²) < 4.78 is 5.14. The average Bonchev–Trinajstić information content (AvgIpc) is 3.27. The van der Waals surface area contributed by atoms with Gasteiger partial charge >= 0.3 is 6.03 Å². The summed E-state index contributed by atoms with van der Waals surface area (Å²) in [6.45, 7) is 3.72. The zero-order valence-electron chi connectivity index (χ0n) is 20.4. The molecule has 1 fully saturated rings. The number of primary amides is 1. The van der Waals surface area contributed by atoms with Gasteiger partial charge in [-0.05, 0) is 38.0 Å². The van der Waals surface area contributed by atoms with Crippen molar-refractivity contribution in [1.29, 1.82) is 0 Å². The molecule has 0 bridgehead atoms. The summed E-state index contributed by atoms with van der Waals surface area (Å²) in [4.78, 5) is 60.1. The van der Waals surface area contributed by atoms with Crippen LogP contribution < -0.4 is 26.4 Å². The molecule has 2 heterocycles. The molecule has 0 unspecified atom stereocenters. The molecule has 1 aliphatic rings. The lowest BCUT2D eigenvalue weighted by atomic mass is 10.0. The lowest BCUT2D eigenvalue weighted by Crippen LogP contribution is -2.53. The van der Waals surface area contributed by atoms with E-state index in [0.717, 1.165) is 5.56 Å². The third kappa shape index (κ3) is 6.90. The number of nitrogens with two attached hydrogens (primary N) is 1. The molecule has 1 saturated heterocycles. The topological polar surface area (TPSA) is 169 Å². The van der Waals surface area contributed by atoms with E-state index in [1.807, 2.05) is 13.8 Å². The number of urea groups is 1. The van der Waals surface area contributed by atoms with Gasteiger partial charge in [0.05, 0.1) is 19.3 Å². The molecule has 1 aromatic carbocycles. The summed E-state index contributed by atoms with van der Waals surface area (Å²) in [5.74, 6) is -1.13. The van der Waals surface area contributed by atoms with Gasteiger partial charge in [0.2, 0.25) is 11.8 Å². The van der Waals surface area contributed by atoms with Crippen LogP contribution in [0, 0.1) is 0 Å². The number of aromatic nitrogens is 2. The molecule has 3 atom stereocenters. The number of amides is 5. The van der Waals surface area contributed by atoms with Crippen LogP contribution in [0.2, 0.25) is 0 Å². The summed E-state index contributed by atoms with van der Waals surface area (Å²) in [6.07, 6.45) is 4.43. The number of rotatable bonds is 9. The molecule has 3 rings (SSSR count). The lowest BCUT2D eigenvalue weighted by molar-refractivity contribution is -0.129. The van der Waals surface area contributed by atoms with Crippen LogP contribution in [0.1, 0.15) is 36.3 Å². The van der Waals surface area contributed by atoms with Gasteiger partial charge in [0.1, 0.15) is 23.5 Å². The Balaban J connectivity index is 1.77. The smallest absolute Gasteiger partial charge is 0.315 e. The molecule has 1 aromatic heterocycles. The van der Waals surface area contributed by atoms with E-state index in [-0.39, 0.29) is 31.1 Å². The minimum absolute atomic E-state index is 0.0623. The Hall–Kier alpha value is -4.22. The molecule has 12 nitrogen and oxygen atoms in total. The van der Waals surface area contributed by atoms with Gasteiger partial charge in [0.15, 0.2) is 0 Å². The maximum absolute atomic E-state index is 13.3. The number of hydrogen-bond acceptors (Lipinski definition) is 7. The van der Waals surface area contributed by atoms with E-state index in [1.54, 1.807) is 31.4 Å². The van der Waals surface area contributed by atoms with E-state index in [9.17, 15) is 19.2 Å². The molecule has 0 saturated carbocycles. The number of carbonyl (C=O) groups excluding carboxylic acids is 4. The number of nitrogens with one attached hydrogen (secondary N) is 3. The second-order valence-electron chi connectivity index (χ2n) is 8.78. The van der Waals surface area contributed by atoms with Crippen molar-refractivity contribution in [1.82, 2.24) is 30.8 Å². The Kier molecular flexibility index (Phi) is 8.76. The number of nitrogens with zero attached hydrogens (tertiary/aromatic N) is 3. The van der Waals surface area contributed by atoms with Gasteiger partial charge < -0.3 is 31.3 Å². The standard InChI is InChI=1S/C24H31N7O5/c1-14(2)28-24(35)29-16-11-20(31(13-16)23(34)19-12-26-8-9-27-19)22(33)30-18(21(25)32)10-15-4-6-17(36-3)7-5-15/h4-9,12,14,16,18,20H,10-11,13H2,1-3H3,(H2,25,32)(H,30,33)(H2,28,29,35)/t16-,18-,20-/m0/s1. The van der Waals surface area contributed by atoms with Crippen LogP contribution in [0.25, 0.3) is 0 Å². The van der Waals surface area contributed by atoms with Crippen LogP contribution >= 0.6 is 0 Å². The number of likely N-dealkylation sites (tertiary alicyclic amines) is 1. The summed E-state index contributed by atoms with van der Waals surface area (Å²) in [5.41, 5.74) is 6.40. The first-order chi connectivity index (χ1) is 17.2. The molecular formula is C24H31N7O5. The molecule has 1 aliphatic heterocycles. The van der Waals surface area contributed by atoms with Crippen molar-refractivity contribution in [3.63, 3.8) is 0 Å². The fourth-order valence-electron chi connectivity index (χ4n) is 3.95. The monoisotopic (exact) mass is 497 g/mol. The minimum Gasteiger partial charge on any atom is -0.497 e. The summed E-state index contributed by atoms with van der Waals surface area (Å²) >= 11 is 0. The van der Waals surface area contributed by atoms with Crippen molar-refractivity contribution in [2.75, 3.05) is 13.7 Å². The van der Waals surface area contributed by atoms with Crippen molar-refractivity contribution < 1.29 is 23.9 Å². The van der Waals surface area contributed by atoms with Crippen molar-refractivity contribution >= 4 is 23.8 Å². The molecule has 12 heteroatoms. The van der Waals surface area contributed by atoms with Crippen molar-refractivity contribution in [2.45, 2.75) is 50.9 Å². The van der Waals surface area contributed by atoms with Gasteiger partial charge in [-0.15, -0.1) is 0 Å². The van der Waals surface area contributed by atoms with Crippen molar-refractivity contribution in [2.24, 2.45) is 5.73 Å². The highest BCUT2D eigenvalue weighted by Gasteiger charge is 2.41. The first-order valence-electron chi connectivity index (χ1n) is 11.5. The Bertz CT molecular complexity index is 1080. The van der Waals surface area contributed by atoms with E-state index >= 15 is 0 Å². The Morgan fingerprint density at radius 1 is 1.14 bits per heavy atom. The Morgan fingerprint density at radius 3 is 2.44 bits per heavy atom. The highest BCUT2D eigenvalue weighted by molar-refractivity contribution is 5.97. The van der Waals surface area contributed by atoms with E-state index in [2.05, 4.69) is 25.9 Å². The molecule has 36 heavy (non-hydrogen) atoms. The van der Waals surface area contributed by atoms with E-state index < -0.39 is 41.9 Å². The highest BCUT2D eigenvalue weighted by atomic mass is 16.5. The number of hydrogen-bond donors (Lipinski definition) is 4.